The van der Waals surface area contributed by atoms with Crippen LogP contribution in [0.2, 0.25) is 5.02 Å². The molecule has 0 bridgehead atoms. The van der Waals surface area contributed by atoms with E-state index in [9.17, 15) is 9.59 Å². The van der Waals surface area contributed by atoms with E-state index in [1.54, 1.807) is 30.3 Å². The van der Waals surface area contributed by atoms with E-state index in [-0.39, 0.29) is 11.8 Å². The van der Waals surface area contributed by atoms with E-state index in [4.69, 9.17) is 16.3 Å². The summed E-state index contributed by atoms with van der Waals surface area (Å²) in [4.78, 5) is 29.4. The van der Waals surface area contributed by atoms with E-state index >= 15 is 0 Å². The number of nitrogens with zero attached hydrogens (tertiary/aromatic N) is 1. The molecule has 2 aromatic carbocycles. The zero-order chi connectivity index (χ0) is 21.8. The molecular formula is C22H23ClN4O3S. The first-order valence-electron chi connectivity index (χ1n) is 10.1. The summed E-state index contributed by atoms with van der Waals surface area (Å²) in [7, 11) is 1.52. The average Bonchev–Trinajstić information content (AvgIpc) is 3.16. The number of carbonyl (C=O) groups excluding carboxylic acids is 2. The predicted octanol–water partition coefficient (Wildman–Crippen LogP) is 6.12. The maximum atomic E-state index is 12.5. The van der Waals surface area contributed by atoms with Crippen LogP contribution in [0, 0.1) is 5.92 Å². The maximum absolute atomic E-state index is 12.5. The molecule has 0 radical (unpaired) electrons. The van der Waals surface area contributed by atoms with Gasteiger partial charge in [0, 0.05) is 16.6 Å². The number of hydrogen-bond acceptors (Lipinski definition) is 5. The van der Waals surface area contributed by atoms with Gasteiger partial charge in [0.05, 0.1) is 23.0 Å². The predicted molar refractivity (Wildman–Crippen MR) is 125 cm³/mol. The van der Waals surface area contributed by atoms with Gasteiger partial charge in [-0.1, -0.05) is 42.2 Å². The second-order valence-electron chi connectivity index (χ2n) is 7.45. The Labute approximate surface area is 189 Å². The highest BCUT2D eigenvalue weighted by atomic mass is 35.5. The van der Waals surface area contributed by atoms with E-state index in [1.165, 1.54) is 24.9 Å². The molecule has 0 unspecified atom stereocenters. The van der Waals surface area contributed by atoms with Crippen LogP contribution < -0.4 is 20.7 Å². The van der Waals surface area contributed by atoms with Crippen LogP contribution >= 0.6 is 22.9 Å². The standard InChI is InChI=1S/C22H23ClN4O3S/c1-30-18-9-7-14(23)11-16(18)25-21(29)24-15-8-10-19-17(12-15)26-22(31-19)27-20(28)13-5-3-2-4-6-13/h7-13H,2-6H2,1H3,(H2,24,25,29)(H,26,27,28). The summed E-state index contributed by atoms with van der Waals surface area (Å²) < 4.78 is 6.17. The minimum absolute atomic E-state index is 0.0481. The van der Waals surface area contributed by atoms with Crippen molar-refractivity contribution >= 4 is 61.6 Å². The summed E-state index contributed by atoms with van der Waals surface area (Å²) in [5.41, 5.74) is 1.76. The Hall–Kier alpha value is -2.84. The van der Waals surface area contributed by atoms with Crippen LogP contribution in [-0.4, -0.2) is 24.0 Å². The second-order valence-corrected chi connectivity index (χ2v) is 8.92. The van der Waals surface area contributed by atoms with Crippen molar-refractivity contribution in [3.8, 4) is 5.75 Å². The number of aromatic nitrogens is 1. The lowest BCUT2D eigenvalue weighted by atomic mass is 9.89. The third-order valence-electron chi connectivity index (χ3n) is 5.26. The monoisotopic (exact) mass is 458 g/mol. The number of urea groups is 1. The number of rotatable bonds is 5. The molecule has 3 amide bonds. The van der Waals surface area contributed by atoms with Gasteiger partial charge in [0.1, 0.15) is 5.75 Å². The molecule has 7 nitrogen and oxygen atoms in total. The van der Waals surface area contributed by atoms with E-state index in [0.717, 1.165) is 30.4 Å². The van der Waals surface area contributed by atoms with Crippen LogP contribution in [0.25, 0.3) is 10.2 Å². The molecule has 1 saturated carbocycles. The lowest BCUT2D eigenvalue weighted by molar-refractivity contribution is -0.120. The highest BCUT2D eigenvalue weighted by Gasteiger charge is 2.22. The molecule has 9 heteroatoms. The van der Waals surface area contributed by atoms with Crippen LogP contribution in [0.1, 0.15) is 32.1 Å². The Balaban J connectivity index is 1.42. The molecule has 0 saturated heterocycles. The Morgan fingerprint density at radius 2 is 1.87 bits per heavy atom. The number of fused-ring (bicyclic) bond motifs is 1. The first kappa shape index (κ1) is 21.4. The van der Waals surface area contributed by atoms with Crippen molar-refractivity contribution in [3.05, 3.63) is 41.4 Å². The lowest BCUT2D eigenvalue weighted by Crippen LogP contribution is -2.24. The Morgan fingerprint density at radius 1 is 1.06 bits per heavy atom. The molecule has 3 N–H and O–H groups in total. The van der Waals surface area contributed by atoms with Crippen molar-refractivity contribution in [3.63, 3.8) is 0 Å². The minimum atomic E-state index is -0.430. The van der Waals surface area contributed by atoms with Gasteiger partial charge in [-0.2, -0.15) is 0 Å². The van der Waals surface area contributed by atoms with Gasteiger partial charge >= 0.3 is 6.03 Å². The largest absolute Gasteiger partial charge is 0.495 e. The molecule has 1 fully saturated rings. The number of carbonyl (C=O) groups is 2. The minimum Gasteiger partial charge on any atom is -0.495 e. The Kier molecular flexibility index (Phi) is 6.58. The number of anilines is 3. The van der Waals surface area contributed by atoms with Gasteiger partial charge in [-0.15, -0.1) is 0 Å². The number of amides is 3. The maximum Gasteiger partial charge on any atom is 0.323 e. The first-order chi connectivity index (χ1) is 15.0. The van der Waals surface area contributed by atoms with Gasteiger partial charge in [0.15, 0.2) is 5.13 Å². The van der Waals surface area contributed by atoms with Crippen molar-refractivity contribution in [2.45, 2.75) is 32.1 Å². The first-order valence-corrected chi connectivity index (χ1v) is 11.3. The molecule has 1 heterocycles. The number of nitrogens with one attached hydrogen (secondary N) is 3. The number of benzene rings is 2. The zero-order valence-electron chi connectivity index (χ0n) is 17.0. The molecule has 162 valence electrons. The van der Waals surface area contributed by atoms with Crippen molar-refractivity contribution in [1.82, 2.24) is 4.98 Å². The van der Waals surface area contributed by atoms with Gasteiger partial charge in [0.2, 0.25) is 5.91 Å². The van der Waals surface area contributed by atoms with Crippen LogP contribution in [0.5, 0.6) is 5.75 Å². The third kappa shape index (κ3) is 5.26. The van der Waals surface area contributed by atoms with Crippen LogP contribution in [-0.2, 0) is 4.79 Å². The van der Waals surface area contributed by atoms with E-state index in [1.807, 2.05) is 6.07 Å². The number of hydrogen-bond donors (Lipinski definition) is 3. The summed E-state index contributed by atoms with van der Waals surface area (Å²) in [5.74, 6) is 0.630. The summed E-state index contributed by atoms with van der Waals surface area (Å²) >= 11 is 7.43. The van der Waals surface area contributed by atoms with Crippen LogP contribution in [0.4, 0.5) is 21.3 Å². The van der Waals surface area contributed by atoms with Gasteiger partial charge in [-0.3, -0.25) is 4.79 Å². The number of methoxy groups -OCH3 is 1. The summed E-state index contributed by atoms with van der Waals surface area (Å²) in [6, 6.07) is 10.00. The molecule has 1 aliphatic rings. The molecule has 31 heavy (non-hydrogen) atoms. The van der Waals surface area contributed by atoms with Crippen LogP contribution in [0.3, 0.4) is 0 Å². The molecule has 1 aliphatic carbocycles. The molecule has 4 rings (SSSR count). The number of ether oxygens (including phenoxy) is 1. The summed E-state index contributed by atoms with van der Waals surface area (Å²) in [6.45, 7) is 0. The molecular weight excluding hydrogens is 436 g/mol. The fourth-order valence-electron chi connectivity index (χ4n) is 3.69. The number of thiazole rings is 1. The average molecular weight is 459 g/mol. The summed E-state index contributed by atoms with van der Waals surface area (Å²) in [5, 5.41) is 9.54. The second kappa shape index (κ2) is 9.53. The van der Waals surface area contributed by atoms with Gasteiger partial charge in [0.25, 0.3) is 0 Å². The lowest BCUT2D eigenvalue weighted by Gasteiger charge is -2.19. The SMILES string of the molecule is COc1ccc(Cl)cc1NC(=O)Nc1ccc2sc(NC(=O)C3CCCCC3)nc2c1. The van der Waals surface area contributed by atoms with E-state index < -0.39 is 6.03 Å². The van der Waals surface area contributed by atoms with Crippen molar-refractivity contribution < 1.29 is 14.3 Å². The number of halogens is 1. The normalized spacial score (nSPS) is 14.3. The third-order valence-corrected chi connectivity index (χ3v) is 6.45. The highest BCUT2D eigenvalue weighted by Crippen LogP contribution is 2.31. The Morgan fingerprint density at radius 3 is 2.65 bits per heavy atom. The molecule has 3 aromatic rings. The quantitative estimate of drug-likeness (QED) is 0.429. The van der Waals surface area contributed by atoms with Crippen molar-refractivity contribution in [2.24, 2.45) is 5.92 Å². The molecule has 0 aliphatic heterocycles. The van der Waals surface area contributed by atoms with Crippen LogP contribution in [0.15, 0.2) is 36.4 Å². The van der Waals surface area contributed by atoms with Crippen molar-refractivity contribution in [2.75, 3.05) is 23.1 Å². The van der Waals surface area contributed by atoms with Crippen molar-refractivity contribution in [1.29, 1.82) is 0 Å². The zero-order valence-corrected chi connectivity index (χ0v) is 18.6. The molecule has 0 spiro atoms. The fourth-order valence-corrected chi connectivity index (χ4v) is 4.71. The van der Waals surface area contributed by atoms with E-state index in [0.29, 0.717) is 32.8 Å². The molecule has 0 atom stereocenters. The van der Waals surface area contributed by atoms with Gasteiger partial charge in [-0.05, 0) is 49.2 Å². The van der Waals surface area contributed by atoms with E-state index in [2.05, 4.69) is 20.9 Å². The topological polar surface area (TPSA) is 92.4 Å². The Bertz CT molecular complexity index is 1110. The smallest absolute Gasteiger partial charge is 0.323 e. The summed E-state index contributed by atoms with van der Waals surface area (Å²) in [6.07, 6.45) is 5.30. The van der Waals surface area contributed by atoms with Gasteiger partial charge in [-0.25, -0.2) is 9.78 Å². The highest BCUT2D eigenvalue weighted by molar-refractivity contribution is 7.22. The van der Waals surface area contributed by atoms with Gasteiger partial charge < -0.3 is 20.7 Å². The molecule has 1 aromatic heterocycles. The fraction of sp³-hybridized carbons (Fsp3) is 0.318.